The number of nitrogens with zero attached hydrogens (tertiary/aromatic N) is 3. The monoisotopic (exact) mass is 211 g/mol. The van der Waals surface area contributed by atoms with Gasteiger partial charge in [0.05, 0.1) is 31.4 Å². The lowest BCUT2D eigenvalue weighted by Crippen LogP contribution is -1.98. The molecule has 15 heavy (non-hydrogen) atoms. The Morgan fingerprint density at radius 1 is 1.33 bits per heavy atom. The molecule has 0 spiro atoms. The standard InChI is InChI=1S/C9H7F2N3O/c1-15-9-8(11)2-7(4-12-9)14-5-6(10)3-13-14/h2-5H,1H3. The number of rotatable bonds is 2. The van der Waals surface area contributed by atoms with E-state index in [1.54, 1.807) is 0 Å². The summed E-state index contributed by atoms with van der Waals surface area (Å²) < 4.78 is 31.7. The Bertz CT molecular complexity index is 484. The van der Waals surface area contributed by atoms with E-state index in [2.05, 4.69) is 14.8 Å². The molecule has 0 bridgehead atoms. The van der Waals surface area contributed by atoms with Crippen LogP contribution < -0.4 is 4.74 Å². The van der Waals surface area contributed by atoms with Gasteiger partial charge in [0.15, 0.2) is 11.6 Å². The molecule has 2 aromatic heterocycles. The van der Waals surface area contributed by atoms with Gasteiger partial charge in [-0.05, 0) is 0 Å². The van der Waals surface area contributed by atoms with Crippen molar-refractivity contribution in [2.75, 3.05) is 7.11 Å². The predicted molar refractivity (Wildman–Crippen MR) is 47.8 cm³/mol. The van der Waals surface area contributed by atoms with Crippen molar-refractivity contribution in [3.05, 3.63) is 36.3 Å². The summed E-state index contributed by atoms with van der Waals surface area (Å²) in [6, 6.07) is 1.16. The third-order valence-corrected chi connectivity index (χ3v) is 1.80. The third-order valence-electron chi connectivity index (χ3n) is 1.80. The van der Waals surface area contributed by atoms with Gasteiger partial charge in [0.2, 0.25) is 5.88 Å². The van der Waals surface area contributed by atoms with Crippen LogP contribution in [0.5, 0.6) is 5.88 Å². The second-order valence-electron chi connectivity index (χ2n) is 2.79. The number of pyridine rings is 1. The zero-order valence-electron chi connectivity index (χ0n) is 7.82. The largest absolute Gasteiger partial charge is 0.479 e. The molecule has 0 aliphatic carbocycles. The van der Waals surface area contributed by atoms with Crippen LogP contribution in [0.25, 0.3) is 5.69 Å². The third kappa shape index (κ3) is 1.78. The van der Waals surface area contributed by atoms with E-state index >= 15 is 0 Å². The Morgan fingerprint density at radius 3 is 2.67 bits per heavy atom. The molecule has 0 radical (unpaired) electrons. The number of ether oxygens (including phenoxy) is 1. The summed E-state index contributed by atoms with van der Waals surface area (Å²) >= 11 is 0. The molecular weight excluding hydrogens is 204 g/mol. The van der Waals surface area contributed by atoms with E-state index in [0.717, 1.165) is 18.5 Å². The first kappa shape index (κ1) is 9.57. The highest BCUT2D eigenvalue weighted by Crippen LogP contribution is 2.16. The molecule has 0 aromatic carbocycles. The highest BCUT2D eigenvalue weighted by Gasteiger charge is 2.07. The van der Waals surface area contributed by atoms with Crippen molar-refractivity contribution in [2.45, 2.75) is 0 Å². The molecule has 6 heteroatoms. The Labute approximate surface area is 84.1 Å². The molecule has 2 rings (SSSR count). The molecule has 78 valence electrons. The van der Waals surface area contributed by atoms with E-state index in [4.69, 9.17) is 0 Å². The second kappa shape index (κ2) is 3.64. The van der Waals surface area contributed by atoms with E-state index in [0.29, 0.717) is 5.69 Å². The van der Waals surface area contributed by atoms with Crippen LogP contribution in [0.1, 0.15) is 0 Å². The molecule has 0 atom stereocenters. The number of halogens is 2. The van der Waals surface area contributed by atoms with Crippen LogP contribution in [-0.4, -0.2) is 21.9 Å². The molecule has 0 aliphatic heterocycles. The van der Waals surface area contributed by atoms with Gasteiger partial charge in [0.25, 0.3) is 0 Å². The van der Waals surface area contributed by atoms with Gasteiger partial charge in [-0.25, -0.2) is 18.4 Å². The second-order valence-corrected chi connectivity index (χ2v) is 2.79. The zero-order valence-corrected chi connectivity index (χ0v) is 7.82. The zero-order chi connectivity index (χ0) is 10.8. The van der Waals surface area contributed by atoms with Gasteiger partial charge in [0, 0.05) is 6.07 Å². The average molecular weight is 211 g/mol. The summed E-state index contributed by atoms with van der Waals surface area (Å²) in [5.74, 6) is -1.22. The Balaban J connectivity index is 2.42. The minimum atomic E-state index is -0.620. The molecular formula is C9H7F2N3O. The van der Waals surface area contributed by atoms with Gasteiger partial charge in [-0.3, -0.25) is 0 Å². The normalized spacial score (nSPS) is 10.3. The van der Waals surface area contributed by atoms with E-state index in [-0.39, 0.29) is 5.88 Å². The van der Waals surface area contributed by atoms with Crippen molar-refractivity contribution >= 4 is 0 Å². The fraction of sp³-hybridized carbons (Fsp3) is 0.111. The Morgan fingerprint density at radius 2 is 2.13 bits per heavy atom. The summed E-state index contributed by atoms with van der Waals surface area (Å²) in [5.41, 5.74) is 0.331. The number of aromatic nitrogens is 3. The molecule has 0 saturated carbocycles. The summed E-state index contributed by atoms with van der Waals surface area (Å²) in [7, 11) is 1.32. The lowest BCUT2D eigenvalue weighted by molar-refractivity contribution is 0.369. The van der Waals surface area contributed by atoms with Crippen LogP contribution in [0, 0.1) is 11.6 Å². The maximum absolute atomic E-state index is 13.2. The minimum absolute atomic E-state index is 0.105. The van der Waals surface area contributed by atoms with Crippen LogP contribution in [-0.2, 0) is 0 Å². The molecule has 0 aliphatic rings. The molecule has 0 saturated heterocycles. The van der Waals surface area contributed by atoms with Crippen molar-refractivity contribution < 1.29 is 13.5 Å². The molecule has 2 heterocycles. The number of hydrogen-bond acceptors (Lipinski definition) is 3. The predicted octanol–water partition coefficient (Wildman–Crippen LogP) is 1.55. The van der Waals surface area contributed by atoms with Crippen LogP contribution in [0.4, 0.5) is 8.78 Å². The number of hydrogen-bond donors (Lipinski definition) is 0. The summed E-state index contributed by atoms with van der Waals surface area (Å²) in [6.45, 7) is 0. The van der Waals surface area contributed by atoms with Crippen molar-refractivity contribution in [3.63, 3.8) is 0 Å². The first-order chi connectivity index (χ1) is 7.20. The molecule has 2 aromatic rings. The maximum Gasteiger partial charge on any atom is 0.250 e. The van der Waals surface area contributed by atoms with Gasteiger partial charge in [-0.1, -0.05) is 0 Å². The summed E-state index contributed by atoms with van der Waals surface area (Å²) in [5, 5.41) is 3.68. The Hall–Kier alpha value is -1.98. The fourth-order valence-corrected chi connectivity index (χ4v) is 1.13. The van der Waals surface area contributed by atoms with Crippen LogP contribution in [0.15, 0.2) is 24.7 Å². The van der Waals surface area contributed by atoms with E-state index in [9.17, 15) is 8.78 Å². The van der Waals surface area contributed by atoms with Crippen molar-refractivity contribution in [3.8, 4) is 11.6 Å². The van der Waals surface area contributed by atoms with Crippen LogP contribution in [0.2, 0.25) is 0 Å². The van der Waals surface area contributed by atoms with Crippen LogP contribution >= 0.6 is 0 Å². The fourth-order valence-electron chi connectivity index (χ4n) is 1.13. The minimum Gasteiger partial charge on any atom is -0.479 e. The van der Waals surface area contributed by atoms with Crippen molar-refractivity contribution in [1.29, 1.82) is 0 Å². The quantitative estimate of drug-likeness (QED) is 0.756. The van der Waals surface area contributed by atoms with Gasteiger partial charge < -0.3 is 4.74 Å². The van der Waals surface area contributed by atoms with Gasteiger partial charge in [0.1, 0.15) is 0 Å². The summed E-state index contributed by atoms with van der Waals surface area (Å²) in [4.78, 5) is 3.70. The highest BCUT2D eigenvalue weighted by molar-refractivity contribution is 5.31. The SMILES string of the molecule is COc1ncc(-n2cc(F)cn2)cc1F. The van der Waals surface area contributed by atoms with E-state index < -0.39 is 11.6 Å². The molecule has 0 amide bonds. The lowest BCUT2D eigenvalue weighted by Gasteiger charge is -2.03. The topological polar surface area (TPSA) is 39.9 Å². The van der Waals surface area contributed by atoms with E-state index in [1.165, 1.54) is 18.0 Å². The van der Waals surface area contributed by atoms with Crippen LogP contribution in [0.3, 0.4) is 0 Å². The Kier molecular flexibility index (Phi) is 2.32. The lowest BCUT2D eigenvalue weighted by atomic mass is 10.4. The van der Waals surface area contributed by atoms with Crippen molar-refractivity contribution in [2.24, 2.45) is 0 Å². The molecule has 0 unspecified atom stereocenters. The highest BCUT2D eigenvalue weighted by atomic mass is 19.1. The first-order valence-electron chi connectivity index (χ1n) is 4.11. The van der Waals surface area contributed by atoms with Gasteiger partial charge in [-0.2, -0.15) is 5.10 Å². The average Bonchev–Trinajstić information content (AvgIpc) is 2.65. The van der Waals surface area contributed by atoms with E-state index in [1.807, 2.05) is 0 Å². The molecule has 4 nitrogen and oxygen atoms in total. The smallest absolute Gasteiger partial charge is 0.250 e. The number of methoxy groups -OCH3 is 1. The first-order valence-corrected chi connectivity index (χ1v) is 4.11. The van der Waals surface area contributed by atoms with Gasteiger partial charge in [-0.15, -0.1) is 0 Å². The molecule has 0 fully saturated rings. The molecule has 0 N–H and O–H groups in total. The van der Waals surface area contributed by atoms with Gasteiger partial charge >= 0.3 is 0 Å². The van der Waals surface area contributed by atoms with Crippen molar-refractivity contribution in [1.82, 2.24) is 14.8 Å². The maximum atomic E-state index is 13.2. The summed E-state index contributed by atoms with van der Waals surface area (Å²) in [6.07, 6.45) is 3.50.